The van der Waals surface area contributed by atoms with Gasteiger partial charge in [0.15, 0.2) is 17.4 Å². The van der Waals surface area contributed by atoms with Crippen LogP contribution >= 0.6 is 0 Å². The van der Waals surface area contributed by atoms with Crippen LogP contribution in [-0.2, 0) is 4.74 Å². The number of aliphatic hydroxyl groups excluding tert-OH is 1. The van der Waals surface area contributed by atoms with E-state index in [0.717, 1.165) is 0 Å². The van der Waals surface area contributed by atoms with Crippen molar-refractivity contribution in [2.24, 2.45) is 17.0 Å². The van der Waals surface area contributed by atoms with Crippen LogP contribution in [0.15, 0.2) is 17.5 Å². The van der Waals surface area contributed by atoms with Crippen LogP contribution in [0.25, 0.3) is 16.0 Å². The van der Waals surface area contributed by atoms with Crippen molar-refractivity contribution in [2.75, 3.05) is 12.3 Å². The summed E-state index contributed by atoms with van der Waals surface area (Å²) in [7, 11) is 0. The molecule has 1 aliphatic heterocycles. The molecule has 1 fully saturated rings. The predicted molar refractivity (Wildman–Crippen MR) is 78.5 cm³/mol. The number of halogens is 1. The molecule has 0 aromatic carbocycles. The SMILES string of the molecule is C[C@H]1[C@H](c2cc(F)c3c(N)ncnn23)O[C@@](CO)(N=[N+]=[N-])[C@H]1C. The standard InChI is InChI=1S/C13H16FN7O2/c1-6-7(2)13(4-22,19-20-16)23-11(6)9-3-8(14)10-12(15)17-5-18-21(9)10/h3,5-7,11,22H,4H2,1-2H3,(H2,15,17,18)/t6-,7+,11-,13-/m1/s1. The van der Waals surface area contributed by atoms with Gasteiger partial charge < -0.3 is 15.6 Å². The molecule has 9 nitrogen and oxygen atoms in total. The van der Waals surface area contributed by atoms with E-state index in [1.807, 2.05) is 13.8 Å². The third kappa shape index (κ3) is 2.11. The Balaban J connectivity index is 2.13. The van der Waals surface area contributed by atoms with Gasteiger partial charge >= 0.3 is 0 Å². The molecule has 0 aliphatic carbocycles. The minimum Gasteiger partial charge on any atom is -0.393 e. The van der Waals surface area contributed by atoms with Gasteiger partial charge in [0.05, 0.1) is 12.3 Å². The van der Waals surface area contributed by atoms with Crippen LogP contribution in [-0.4, -0.2) is 32.0 Å². The topological polar surface area (TPSA) is 134 Å². The molecule has 4 atom stereocenters. The molecular formula is C13H16FN7O2. The third-order valence-electron chi connectivity index (χ3n) is 4.60. The number of aliphatic hydroxyl groups is 1. The van der Waals surface area contributed by atoms with Gasteiger partial charge in [-0.15, -0.1) is 0 Å². The van der Waals surface area contributed by atoms with Gasteiger partial charge in [-0.05, 0) is 17.4 Å². The Morgan fingerprint density at radius 2 is 2.35 bits per heavy atom. The molecule has 0 bridgehead atoms. The minimum atomic E-state index is -1.39. The highest BCUT2D eigenvalue weighted by Crippen LogP contribution is 2.49. The molecule has 0 radical (unpaired) electrons. The molecule has 0 spiro atoms. The molecule has 0 unspecified atom stereocenters. The second-order valence-electron chi connectivity index (χ2n) is 5.70. The molecule has 3 heterocycles. The summed E-state index contributed by atoms with van der Waals surface area (Å²) in [5.74, 6) is -0.972. The predicted octanol–water partition coefficient (Wildman–Crippen LogP) is 1.79. The summed E-state index contributed by atoms with van der Waals surface area (Å²) < 4.78 is 21.4. The number of nitrogens with zero attached hydrogens (tertiary/aromatic N) is 6. The summed E-state index contributed by atoms with van der Waals surface area (Å²) in [4.78, 5) is 6.54. The number of anilines is 1. The number of aromatic nitrogens is 3. The molecule has 1 saturated heterocycles. The molecule has 2 aromatic rings. The average Bonchev–Trinajstić information content (AvgIpc) is 2.99. The van der Waals surface area contributed by atoms with E-state index in [-0.39, 0.29) is 23.2 Å². The van der Waals surface area contributed by atoms with Crippen molar-refractivity contribution >= 4 is 11.3 Å². The normalized spacial score (nSPS) is 30.5. The van der Waals surface area contributed by atoms with E-state index in [9.17, 15) is 9.50 Å². The highest BCUT2D eigenvalue weighted by atomic mass is 19.1. The number of nitrogens with two attached hydrogens (primary N) is 1. The van der Waals surface area contributed by atoms with Crippen LogP contribution in [0, 0.1) is 17.7 Å². The van der Waals surface area contributed by atoms with Crippen molar-refractivity contribution in [3.63, 3.8) is 0 Å². The fourth-order valence-electron chi connectivity index (χ4n) is 3.09. The molecule has 1 aliphatic rings. The number of hydrogen-bond acceptors (Lipinski definition) is 6. The molecule has 0 amide bonds. The molecular weight excluding hydrogens is 305 g/mol. The van der Waals surface area contributed by atoms with Gasteiger partial charge in [0.25, 0.3) is 0 Å². The van der Waals surface area contributed by atoms with E-state index in [0.29, 0.717) is 5.69 Å². The van der Waals surface area contributed by atoms with Crippen LogP contribution in [0.2, 0.25) is 0 Å². The number of fused-ring (bicyclic) bond motifs is 1. The maximum atomic E-state index is 14.2. The number of nitrogen functional groups attached to an aromatic ring is 1. The van der Waals surface area contributed by atoms with E-state index in [4.69, 9.17) is 16.0 Å². The van der Waals surface area contributed by atoms with E-state index < -0.39 is 24.3 Å². The molecule has 0 saturated carbocycles. The van der Waals surface area contributed by atoms with Gasteiger partial charge in [0.1, 0.15) is 17.9 Å². The van der Waals surface area contributed by atoms with Gasteiger partial charge in [0.2, 0.25) is 0 Å². The van der Waals surface area contributed by atoms with Gasteiger partial charge in [-0.2, -0.15) is 5.10 Å². The summed E-state index contributed by atoms with van der Waals surface area (Å²) in [6.45, 7) is 3.22. The number of azide groups is 1. The summed E-state index contributed by atoms with van der Waals surface area (Å²) in [5.41, 5.74) is 13.6. The lowest BCUT2D eigenvalue weighted by Gasteiger charge is -2.25. The maximum Gasteiger partial charge on any atom is 0.173 e. The van der Waals surface area contributed by atoms with E-state index >= 15 is 0 Å². The highest BCUT2D eigenvalue weighted by Gasteiger charge is 2.51. The monoisotopic (exact) mass is 321 g/mol. The van der Waals surface area contributed by atoms with Crippen molar-refractivity contribution in [3.05, 3.63) is 34.3 Å². The van der Waals surface area contributed by atoms with E-state index in [2.05, 4.69) is 20.1 Å². The Kier molecular flexibility index (Phi) is 3.59. The highest BCUT2D eigenvalue weighted by molar-refractivity contribution is 5.66. The Hall–Kier alpha value is -2.42. The molecule has 3 N–H and O–H groups in total. The zero-order valence-electron chi connectivity index (χ0n) is 12.6. The summed E-state index contributed by atoms with van der Waals surface area (Å²) in [5, 5.41) is 17.3. The van der Waals surface area contributed by atoms with Gasteiger partial charge in [-0.25, -0.2) is 13.9 Å². The van der Waals surface area contributed by atoms with Crippen LogP contribution in [0.4, 0.5) is 10.2 Å². The summed E-state index contributed by atoms with van der Waals surface area (Å²) >= 11 is 0. The first-order valence-electron chi connectivity index (χ1n) is 7.07. The number of rotatable bonds is 3. The number of hydrogen-bond donors (Lipinski definition) is 2. The number of ether oxygens (including phenoxy) is 1. The van der Waals surface area contributed by atoms with Crippen LogP contribution in [0.3, 0.4) is 0 Å². The first-order chi connectivity index (χ1) is 10.9. The average molecular weight is 321 g/mol. The van der Waals surface area contributed by atoms with Gasteiger partial charge in [0, 0.05) is 11.0 Å². The second-order valence-corrected chi connectivity index (χ2v) is 5.70. The fourth-order valence-corrected chi connectivity index (χ4v) is 3.09. The largest absolute Gasteiger partial charge is 0.393 e. The Bertz CT molecular complexity index is 803. The van der Waals surface area contributed by atoms with Crippen molar-refractivity contribution in [3.8, 4) is 0 Å². The molecule has 122 valence electrons. The van der Waals surface area contributed by atoms with Gasteiger partial charge in [-0.1, -0.05) is 19.0 Å². The lowest BCUT2D eigenvalue weighted by Crippen LogP contribution is -2.36. The van der Waals surface area contributed by atoms with Crippen molar-refractivity contribution in [2.45, 2.75) is 25.7 Å². The lowest BCUT2D eigenvalue weighted by molar-refractivity contribution is -0.0866. The van der Waals surface area contributed by atoms with Crippen molar-refractivity contribution < 1.29 is 14.2 Å². The third-order valence-corrected chi connectivity index (χ3v) is 4.60. The quantitative estimate of drug-likeness (QED) is 0.505. The van der Waals surface area contributed by atoms with E-state index in [1.54, 1.807) is 0 Å². The molecule has 3 rings (SSSR count). The first-order valence-corrected chi connectivity index (χ1v) is 7.07. The molecule has 10 heteroatoms. The molecule has 23 heavy (non-hydrogen) atoms. The second kappa shape index (κ2) is 5.34. The minimum absolute atomic E-state index is 0.0194. The lowest BCUT2D eigenvalue weighted by atomic mass is 9.86. The van der Waals surface area contributed by atoms with Crippen molar-refractivity contribution in [1.82, 2.24) is 14.6 Å². The summed E-state index contributed by atoms with van der Waals surface area (Å²) in [6.07, 6.45) is 0.607. The zero-order valence-corrected chi connectivity index (χ0v) is 12.6. The fraction of sp³-hybridized carbons (Fsp3) is 0.538. The van der Waals surface area contributed by atoms with Crippen LogP contribution in [0.5, 0.6) is 0 Å². The Morgan fingerprint density at radius 3 is 3.00 bits per heavy atom. The maximum absolute atomic E-state index is 14.2. The van der Waals surface area contributed by atoms with E-state index in [1.165, 1.54) is 16.9 Å². The Labute approximate surface area is 130 Å². The molecule has 2 aromatic heterocycles. The van der Waals surface area contributed by atoms with Crippen LogP contribution in [0.1, 0.15) is 25.6 Å². The smallest absolute Gasteiger partial charge is 0.173 e. The Morgan fingerprint density at radius 1 is 1.61 bits per heavy atom. The van der Waals surface area contributed by atoms with Crippen molar-refractivity contribution in [1.29, 1.82) is 0 Å². The van der Waals surface area contributed by atoms with Crippen LogP contribution < -0.4 is 5.73 Å². The zero-order chi connectivity index (χ0) is 16.8. The first kappa shape index (κ1) is 15.5. The van der Waals surface area contributed by atoms with Gasteiger partial charge in [-0.3, -0.25) is 0 Å². The summed E-state index contributed by atoms with van der Waals surface area (Å²) in [6, 6.07) is 1.28.